The van der Waals surface area contributed by atoms with Crippen LogP contribution in [0.3, 0.4) is 0 Å². The molecule has 4 rings (SSSR count). The Hall–Kier alpha value is -2.93. The largest absolute Gasteiger partial charge is 0.510 e. The van der Waals surface area contributed by atoms with Gasteiger partial charge in [0.1, 0.15) is 5.82 Å². The highest BCUT2D eigenvalue weighted by Gasteiger charge is 2.53. The van der Waals surface area contributed by atoms with Crippen LogP contribution < -0.4 is 0 Å². The van der Waals surface area contributed by atoms with Crippen LogP contribution in [0.25, 0.3) is 0 Å². The predicted octanol–water partition coefficient (Wildman–Crippen LogP) is 6.72. The molecule has 1 fully saturated rings. The second-order valence-corrected chi connectivity index (χ2v) is 11.8. The van der Waals surface area contributed by atoms with Crippen LogP contribution in [0.1, 0.15) is 63.1 Å². The summed E-state index contributed by atoms with van der Waals surface area (Å²) in [6.45, 7) is 5.07. The average Bonchev–Trinajstić information content (AvgIpc) is 3.25. The lowest BCUT2D eigenvalue weighted by atomic mass is 9.71. The monoisotopic (exact) mass is 537 g/mol. The summed E-state index contributed by atoms with van der Waals surface area (Å²) in [6.07, 6.45) is 6.75. The lowest BCUT2D eigenvalue weighted by molar-refractivity contribution is -0.0814. The van der Waals surface area contributed by atoms with Gasteiger partial charge in [0.2, 0.25) is 5.72 Å². The van der Waals surface area contributed by atoms with Gasteiger partial charge in [-0.2, -0.15) is 0 Å². The number of hydrogen-bond acceptors (Lipinski definition) is 6. The molecule has 0 N–H and O–H groups in total. The minimum absolute atomic E-state index is 0.0596. The summed E-state index contributed by atoms with van der Waals surface area (Å²) in [5.74, 6) is 0.812. The molecular weight excluding hydrogens is 493 g/mol. The molecule has 0 spiro atoms. The van der Waals surface area contributed by atoms with E-state index >= 15 is 0 Å². The number of aliphatic imine (C=N–C) groups is 1. The predicted molar refractivity (Wildman–Crippen MR) is 153 cm³/mol. The Morgan fingerprint density at radius 1 is 1.10 bits per heavy atom. The fourth-order valence-electron chi connectivity index (χ4n) is 6.85. The van der Waals surface area contributed by atoms with Crippen molar-refractivity contribution in [3.8, 4) is 0 Å². The molecule has 0 bridgehead atoms. The third-order valence-corrected chi connectivity index (χ3v) is 8.33. The summed E-state index contributed by atoms with van der Waals surface area (Å²) in [5.41, 5.74) is 1.33. The van der Waals surface area contributed by atoms with E-state index in [-0.39, 0.29) is 23.8 Å². The van der Waals surface area contributed by atoms with Gasteiger partial charge in [0.05, 0.1) is 19.5 Å². The summed E-state index contributed by atoms with van der Waals surface area (Å²) in [5, 5.41) is 0. The average molecular weight is 538 g/mol. The van der Waals surface area contributed by atoms with Gasteiger partial charge < -0.3 is 19.3 Å². The molecule has 1 aliphatic carbocycles. The third-order valence-electron chi connectivity index (χ3n) is 8.33. The zero-order valence-electron chi connectivity index (χ0n) is 24.1. The van der Waals surface area contributed by atoms with E-state index in [2.05, 4.69) is 62.0 Å². The zero-order chi connectivity index (χ0) is 28.0. The van der Waals surface area contributed by atoms with Crippen LogP contribution in [0.2, 0.25) is 0 Å². The first-order valence-electron chi connectivity index (χ1n) is 14.3. The first-order valence-corrected chi connectivity index (χ1v) is 14.3. The molecule has 1 aliphatic heterocycles. The van der Waals surface area contributed by atoms with E-state index in [1.54, 1.807) is 12.1 Å². The lowest BCUT2D eigenvalue weighted by Crippen LogP contribution is -2.54. The van der Waals surface area contributed by atoms with Crippen molar-refractivity contribution < 1.29 is 18.7 Å². The van der Waals surface area contributed by atoms with Gasteiger partial charge in [-0.3, -0.25) is 0 Å². The minimum atomic E-state index is -0.973. The highest BCUT2D eigenvalue weighted by Crippen LogP contribution is 2.46. The number of carbonyl (C=O) groups is 1. The van der Waals surface area contributed by atoms with Gasteiger partial charge in [-0.25, -0.2) is 14.2 Å². The van der Waals surface area contributed by atoms with E-state index in [9.17, 15) is 9.18 Å². The molecule has 0 saturated heterocycles. The van der Waals surface area contributed by atoms with Gasteiger partial charge in [0.15, 0.2) is 0 Å². The molecule has 3 atom stereocenters. The number of methoxy groups -OCH3 is 1. The van der Waals surface area contributed by atoms with Crippen molar-refractivity contribution in [2.24, 2.45) is 22.7 Å². The Balaban J connectivity index is 1.56. The molecular formula is C32H44FN3O3. The molecule has 7 heteroatoms. The van der Waals surface area contributed by atoms with Gasteiger partial charge in [-0.15, -0.1) is 0 Å². The highest BCUT2D eigenvalue weighted by atomic mass is 19.1. The SMILES string of the molecule is COC(=O)OC1(CC(C)C)N=CN(CCc2ccccc2)C1C1CCC(C(c2cccc(F)c2)N(C)C)CC1. The Labute approximate surface area is 233 Å². The summed E-state index contributed by atoms with van der Waals surface area (Å²) in [6, 6.07) is 17.6. The fraction of sp³-hybridized carbons (Fsp3) is 0.562. The Bertz CT molecular complexity index is 1100. The number of carbonyl (C=O) groups excluding carboxylic acids is 1. The summed E-state index contributed by atoms with van der Waals surface area (Å²) >= 11 is 0. The van der Waals surface area contributed by atoms with Crippen LogP contribution in [0.5, 0.6) is 0 Å². The van der Waals surface area contributed by atoms with E-state index in [1.165, 1.54) is 18.7 Å². The first-order chi connectivity index (χ1) is 18.7. The third kappa shape index (κ3) is 6.99. The Morgan fingerprint density at radius 3 is 2.44 bits per heavy atom. The van der Waals surface area contributed by atoms with E-state index in [0.717, 1.165) is 44.2 Å². The summed E-state index contributed by atoms with van der Waals surface area (Å²) in [4.78, 5) is 21.9. The maximum atomic E-state index is 14.1. The number of nitrogens with zero attached hydrogens (tertiary/aromatic N) is 3. The Kier molecular flexibility index (Phi) is 9.65. The molecule has 0 amide bonds. The quantitative estimate of drug-likeness (QED) is 0.315. The van der Waals surface area contributed by atoms with Crippen LogP contribution >= 0.6 is 0 Å². The molecule has 0 radical (unpaired) electrons. The second-order valence-electron chi connectivity index (χ2n) is 11.8. The molecule has 0 aromatic heterocycles. The van der Waals surface area contributed by atoms with Gasteiger partial charge in [-0.1, -0.05) is 56.3 Å². The number of benzene rings is 2. The van der Waals surface area contributed by atoms with Crippen molar-refractivity contribution in [2.45, 2.75) is 70.2 Å². The smallest absolute Gasteiger partial charge is 0.438 e. The van der Waals surface area contributed by atoms with E-state index < -0.39 is 11.9 Å². The van der Waals surface area contributed by atoms with E-state index in [4.69, 9.17) is 14.5 Å². The molecule has 2 aromatic rings. The van der Waals surface area contributed by atoms with Crippen LogP contribution in [-0.2, 0) is 15.9 Å². The van der Waals surface area contributed by atoms with Crippen molar-refractivity contribution in [3.05, 3.63) is 71.5 Å². The summed E-state index contributed by atoms with van der Waals surface area (Å²) in [7, 11) is 5.51. The van der Waals surface area contributed by atoms with Crippen molar-refractivity contribution >= 4 is 12.5 Å². The van der Waals surface area contributed by atoms with Crippen molar-refractivity contribution in [2.75, 3.05) is 27.7 Å². The number of ether oxygens (including phenoxy) is 2. The topological polar surface area (TPSA) is 54.4 Å². The number of halogens is 1. The van der Waals surface area contributed by atoms with Crippen LogP contribution in [0, 0.1) is 23.6 Å². The summed E-state index contributed by atoms with van der Waals surface area (Å²) < 4.78 is 25.1. The molecule has 1 heterocycles. The van der Waals surface area contributed by atoms with E-state index in [0.29, 0.717) is 18.3 Å². The molecule has 2 aromatic carbocycles. The fourth-order valence-corrected chi connectivity index (χ4v) is 6.85. The van der Waals surface area contributed by atoms with Gasteiger partial charge in [0, 0.05) is 19.0 Å². The van der Waals surface area contributed by atoms with Crippen LogP contribution in [0.15, 0.2) is 59.6 Å². The molecule has 212 valence electrons. The van der Waals surface area contributed by atoms with Crippen LogP contribution in [-0.4, -0.2) is 61.8 Å². The van der Waals surface area contributed by atoms with Gasteiger partial charge >= 0.3 is 6.16 Å². The molecule has 39 heavy (non-hydrogen) atoms. The normalized spacial score (nSPS) is 25.7. The zero-order valence-corrected chi connectivity index (χ0v) is 24.1. The van der Waals surface area contributed by atoms with Crippen molar-refractivity contribution in [3.63, 3.8) is 0 Å². The van der Waals surface area contributed by atoms with Gasteiger partial charge in [0.25, 0.3) is 0 Å². The van der Waals surface area contributed by atoms with Crippen LogP contribution in [0.4, 0.5) is 9.18 Å². The maximum Gasteiger partial charge on any atom is 0.510 e. The number of hydrogen-bond donors (Lipinski definition) is 0. The minimum Gasteiger partial charge on any atom is -0.438 e. The standard InChI is InChI=1S/C32H44FN3O3/c1-23(2)21-32(39-31(37)38-5)30(36(22-34-32)19-18-24-10-7-6-8-11-24)26-16-14-25(15-17-26)29(35(3)4)27-12-9-13-28(33)20-27/h6-13,20,22-23,25-26,29-30H,14-19,21H2,1-5H3. The van der Waals surface area contributed by atoms with Crippen molar-refractivity contribution in [1.29, 1.82) is 0 Å². The second kappa shape index (κ2) is 12.9. The number of rotatable bonds is 10. The Morgan fingerprint density at radius 2 is 1.82 bits per heavy atom. The first kappa shape index (κ1) is 29.1. The van der Waals surface area contributed by atoms with Crippen molar-refractivity contribution in [1.82, 2.24) is 9.80 Å². The van der Waals surface area contributed by atoms with E-state index in [1.807, 2.05) is 18.5 Å². The molecule has 6 nitrogen and oxygen atoms in total. The lowest BCUT2D eigenvalue weighted by Gasteiger charge is -2.45. The maximum absolute atomic E-state index is 14.1. The van der Waals surface area contributed by atoms with Gasteiger partial charge in [-0.05, 0) is 87.2 Å². The molecule has 1 saturated carbocycles. The molecule has 2 aliphatic rings. The highest BCUT2D eigenvalue weighted by molar-refractivity contribution is 5.64. The molecule has 3 unspecified atom stereocenters.